The number of hydrogen-bond acceptors (Lipinski definition) is 6. The van der Waals surface area contributed by atoms with E-state index < -0.39 is 12.6 Å². The summed E-state index contributed by atoms with van der Waals surface area (Å²) in [5, 5.41) is 9.54. The number of aromatic nitrogens is 2. The molecule has 0 saturated carbocycles. The van der Waals surface area contributed by atoms with Gasteiger partial charge in [0.1, 0.15) is 0 Å². The van der Waals surface area contributed by atoms with Crippen LogP contribution in [0.25, 0.3) is 5.52 Å². The molecule has 0 spiro atoms. The molecule has 0 unspecified atom stereocenters. The van der Waals surface area contributed by atoms with Gasteiger partial charge in [-0.3, -0.25) is 9.20 Å². The number of imidazole rings is 1. The summed E-state index contributed by atoms with van der Waals surface area (Å²) < 4.78 is 6.92. The Morgan fingerprint density at radius 2 is 2.12 bits per heavy atom. The predicted octanol–water partition coefficient (Wildman–Crippen LogP) is 2.97. The van der Waals surface area contributed by atoms with Gasteiger partial charge in [-0.25, -0.2) is 9.78 Å². The quantitative estimate of drug-likeness (QED) is 0.399. The van der Waals surface area contributed by atoms with Gasteiger partial charge in [-0.05, 0) is 30.5 Å². The van der Waals surface area contributed by atoms with E-state index in [0.717, 1.165) is 0 Å². The summed E-state index contributed by atoms with van der Waals surface area (Å²) in [6, 6.07) is 13.6. The molecule has 25 heavy (non-hydrogen) atoms. The fourth-order valence-corrected chi connectivity index (χ4v) is 2.89. The van der Waals surface area contributed by atoms with Gasteiger partial charge in [0.25, 0.3) is 0 Å². The molecule has 0 fully saturated rings. The van der Waals surface area contributed by atoms with Crippen LogP contribution in [0.5, 0.6) is 0 Å². The van der Waals surface area contributed by atoms with Gasteiger partial charge in [0.15, 0.2) is 23.2 Å². The highest BCUT2D eigenvalue weighted by atomic mass is 32.2. The number of carbonyl (C=O) groups is 2. The van der Waals surface area contributed by atoms with E-state index in [1.54, 1.807) is 34.7 Å². The first kappa shape index (κ1) is 16.7. The van der Waals surface area contributed by atoms with Crippen LogP contribution in [-0.4, -0.2) is 34.0 Å². The molecule has 6 nitrogen and oxygen atoms in total. The summed E-state index contributed by atoms with van der Waals surface area (Å²) >= 11 is 1.41. The summed E-state index contributed by atoms with van der Waals surface area (Å²) in [6.07, 6.45) is 3.67. The summed E-state index contributed by atoms with van der Waals surface area (Å²) in [5.41, 5.74) is 1.49. The summed E-state index contributed by atoms with van der Waals surface area (Å²) in [6.45, 7) is -0.409. The smallest absolute Gasteiger partial charge is 0.359 e. The Labute approximate surface area is 148 Å². The standard InChI is InChI=1S/C18H13N3O3S/c1-25-18-20-16(14-7-2-3-8-21(14)18)17(23)24-11-15(22)13-6-4-5-12(9-13)10-19/h2-9H,11H2,1H3. The molecule has 0 aliphatic rings. The van der Waals surface area contributed by atoms with Crippen LogP contribution in [0.1, 0.15) is 26.4 Å². The van der Waals surface area contributed by atoms with E-state index >= 15 is 0 Å². The second kappa shape index (κ2) is 7.20. The van der Waals surface area contributed by atoms with Gasteiger partial charge >= 0.3 is 5.97 Å². The summed E-state index contributed by atoms with van der Waals surface area (Å²) in [4.78, 5) is 28.8. The third-order valence-electron chi connectivity index (χ3n) is 3.54. The van der Waals surface area contributed by atoms with Crippen molar-refractivity contribution in [2.24, 2.45) is 0 Å². The Hall–Kier alpha value is -3.11. The molecule has 3 rings (SSSR count). The summed E-state index contributed by atoms with van der Waals surface area (Å²) in [5.74, 6) is -1.03. The molecule has 1 aromatic carbocycles. The fraction of sp³-hybridized carbons (Fsp3) is 0.111. The van der Waals surface area contributed by atoms with Gasteiger partial charge in [-0.15, -0.1) is 0 Å². The number of esters is 1. The van der Waals surface area contributed by atoms with E-state index in [9.17, 15) is 9.59 Å². The van der Waals surface area contributed by atoms with Crippen molar-refractivity contribution in [3.8, 4) is 6.07 Å². The van der Waals surface area contributed by atoms with Gasteiger partial charge in [-0.2, -0.15) is 5.26 Å². The number of ketones is 1. The van der Waals surface area contributed by atoms with Gasteiger partial charge in [-0.1, -0.05) is 30.0 Å². The zero-order valence-electron chi connectivity index (χ0n) is 13.3. The number of thioether (sulfide) groups is 1. The number of carbonyl (C=O) groups excluding carboxylic acids is 2. The minimum atomic E-state index is -0.659. The Morgan fingerprint density at radius 1 is 1.28 bits per heavy atom. The molecule has 7 heteroatoms. The molecular weight excluding hydrogens is 338 g/mol. The Morgan fingerprint density at radius 3 is 2.88 bits per heavy atom. The average Bonchev–Trinajstić information content (AvgIpc) is 3.05. The highest BCUT2D eigenvalue weighted by Crippen LogP contribution is 2.20. The molecule has 2 aromatic heterocycles. The monoisotopic (exact) mass is 351 g/mol. The van der Waals surface area contributed by atoms with Crippen molar-refractivity contribution in [2.75, 3.05) is 12.9 Å². The number of pyridine rings is 1. The topological polar surface area (TPSA) is 84.5 Å². The minimum absolute atomic E-state index is 0.170. The molecule has 0 saturated heterocycles. The zero-order valence-corrected chi connectivity index (χ0v) is 14.1. The molecule has 2 heterocycles. The fourth-order valence-electron chi connectivity index (χ4n) is 2.35. The number of hydrogen-bond donors (Lipinski definition) is 0. The number of nitrogens with zero attached hydrogens (tertiary/aromatic N) is 3. The van der Waals surface area contributed by atoms with Crippen LogP contribution in [0, 0.1) is 11.3 Å². The third kappa shape index (κ3) is 3.39. The largest absolute Gasteiger partial charge is 0.453 e. The molecule has 124 valence electrons. The normalized spacial score (nSPS) is 10.4. The van der Waals surface area contributed by atoms with Gasteiger partial charge < -0.3 is 4.74 Å². The van der Waals surface area contributed by atoms with E-state index in [0.29, 0.717) is 21.8 Å². The SMILES string of the molecule is CSc1nc(C(=O)OCC(=O)c2cccc(C#N)c2)c2ccccn12. The Bertz CT molecular complexity index is 1000. The lowest BCUT2D eigenvalue weighted by Gasteiger charge is -2.03. The zero-order chi connectivity index (χ0) is 17.8. The van der Waals surface area contributed by atoms with E-state index in [-0.39, 0.29) is 11.5 Å². The van der Waals surface area contributed by atoms with Crippen molar-refractivity contribution in [3.05, 3.63) is 65.5 Å². The highest BCUT2D eigenvalue weighted by molar-refractivity contribution is 7.98. The molecule has 0 N–H and O–H groups in total. The maximum Gasteiger partial charge on any atom is 0.359 e. The van der Waals surface area contributed by atoms with Crippen LogP contribution in [0.4, 0.5) is 0 Å². The number of Topliss-reactive ketones (excluding diaryl/α,β-unsaturated/α-hetero) is 1. The van der Waals surface area contributed by atoms with Crippen LogP contribution in [0.15, 0.2) is 53.8 Å². The second-order valence-corrected chi connectivity index (χ2v) is 5.87. The van der Waals surface area contributed by atoms with Crippen molar-refractivity contribution in [1.82, 2.24) is 9.38 Å². The number of nitriles is 1. The van der Waals surface area contributed by atoms with Crippen molar-refractivity contribution in [2.45, 2.75) is 5.16 Å². The van der Waals surface area contributed by atoms with Crippen LogP contribution in [0.2, 0.25) is 0 Å². The number of ether oxygens (including phenoxy) is 1. The van der Waals surface area contributed by atoms with Gasteiger partial charge in [0.2, 0.25) is 0 Å². The molecule has 3 aromatic rings. The van der Waals surface area contributed by atoms with Crippen molar-refractivity contribution in [1.29, 1.82) is 5.26 Å². The Kier molecular flexibility index (Phi) is 4.82. The minimum Gasteiger partial charge on any atom is -0.453 e. The Balaban J connectivity index is 1.77. The maximum atomic E-state index is 12.3. The van der Waals surface area contributed by atoms with E-state index in [4.69, 9.17) is 10.00 Å². The first-order valence-electron chi connectivity index (χ1n) is 7.35. The number of fused-ring (bicyclic) bond motifs is 1. The van der Waals surface area contributed by atoms with Gasteiger partial charge in [0, 0.05) is 11.8 Å². The first-order valence-corrected chi connectivity index (χ1v) is 8.58. The lowest BCUT2D eigenvalue weighted by atomic mass is 10.1. The molecular formula is C18H13N3O3S. The molecule has 0 bridgehead atoms. The van der Waals surface area contributed by atoms with E-state index in [1.807, 2.05) is 24.6 Å². The molecule has 0 radical (unpaired) electrons. The first-order chi connectivity index (χ1) is 12.1. The van der Waals surface area contributed by atoms with E-state index in [2.05, 4.69) is 4.98 Å². The van der Waals surface area contributed by atoms with E-state index in [1.165, 1.54) is 17.8 Å². The lowest BCUT2D eigenvalue weighted by molar-refractivity contribution is 0.0471. The second-order valence-electron chi connectivity index (χ2n) is 5.09. The van der Waals surface area contributed by atoms with Crippen LogP contribution < -0.4 is 0 Å². The molecule has 0 aliphatic carbocycles. The summed E-state index contributed by atoms with van der Waals surface area (Å²) in [7, 11) is 0. The van der Waals surface area contributed by atoms with Gasteiger partial charge in [0.05, 0.1) is 17.1 Å². The molecule has 0 atom stereocenters. The van der Waals surface area contributed by atoms with Crippen molar-refractivity contribution in [3.63, 3.8) is 0 Å². The molecule has 0 amide bonds. The predicted molar refractivity (Wildman–Crippen MR) is 92.7 cm³/mol. The highest BCUT2D eigenvalue weighted by Gasteiger charge is 2.19. The number of rotatable bonds is 5. The van der Waals surface area contributed by atoms with Crippen LogP contribution in [-0.2, 0) is 4.74 Å². The molecule has 0 aliphatic heterocycles. The van der Waals surface area contributed by atoms with Crippen molar-refractivity contribution >= 4 is 29.0 Å². The lowest BCUT2D eigenvalue weighted by Crippen LogP contribution is -2.15. The maximum absolute atomic E-state index is 12.3. The third-order valence-corrected chi connectivity index (χ3v) is 4.19. The van der Waals surface area contributed by atoms with Crippen molar-refractivity contribution < 1.29 is 14.3 Å². The average molecular weight is 351 g/mol. The van der Waals surface area contributed by atoms with Crippen LogP contribution in [0.3, 0.4) is 0 Å². The number of benzene rings is 1. The van der Waals surface area contributed by atoms with Crippen LogP contribution >= 0.6 is 11.8 Å².